The second-order valence-corrected chi connectivity index (χ2v) is 3.32. The summed E-state index contributed by atoms with van der Waals surface area (Å²) in [5.74, 6) is -0.497. The van der Waals surface area contributed by atoms with Gasteiger partial charge in [0, 0.05) is 13.5 Å². The second kappa shape index (κ2) is 8.26. The van der Waals surface area contributed by atoms with Crippen LogP contribution in [0.3, 0.4) is 0 Å². The Morgan fingerprint density at radius 3 is 2.59 bits per heavy atom. The van der Waals surface area contributed by atoms with Crippen LogP contribution in [0.4, 0.5) is 13.2 Å². The van der Waals surface area contributed by atoms with E-state index in [0.717, 1.165) is 0 Å². The van der Waals surface area contributed by atoms with Crippen molar-refractivity contribution in [3.05, 3.63) is 0 Å². The molecule has 0 aromatic rings. The first kappa shape index (κ1) is 16.1. The van der Waals surface area contributed by atoms with Gasteiger partial charge in [0.25, 0.3) is 0 Å². The van der Waals surface area contributed by atoms with Crippen molar-refractivity contribution in [2.45, 2.75) is 18.6 Å². The Bertz CT molecular complexity index is 223. The summed E-state index contributed by atoms with van der Waals surface area (Å²) in [6, 6.07) is -0.560. The zero-order chi connectivity index (χ0) is 13.3. The molecule has 0 aromatic carbocycles. The van der Waals surface area contributed by atoms with Crippen molar-refractivity contribution in [3.8, 4) is 0 Å². The molecule has 5 nitrogen and oxygen atoms in total. The van der Waals surface area contributed by atoms with Gasteiger partial charge in [-0.1, -0.05) is 0 Å². The highest BCUT2D eigenvalue weighted by molar-refractivity contribution is 5.76. The van der Waals surface area contributed by atoms with E-state index >= 15 is 0 Å². The van der Waals surface area contributed by atoms with Crippen LogP contribution in [0, 0.1) is 0 Å². The van der Waals surface area contributed by atoms with E-state index < -0.39 is 24.7 Å². The van der Waals surface area contributed by atoms with E-state index in [2.05, 4.69) is 10.1 Å². The number of aliphatic hydroxyl groups is 1. The maximum atomic E-state index is 11.7. The molecule has 1 amide bonds. The number of rotatable bonds is 8. The average Bonchev–Trinajstić information content (AvgIpc) is 2.22. The summed E-state index contributed by atoms with van der Waals surface area (Å²) in [5.41, 5.74) is 0. The van der Waals surface area contributed by atoms with Gasteiger partial charge < -0.3 is 19.9 Å². The SMILES string of the molecule is COCC(CO)NC(=O)CCOCC(F)(F)F. The van der Waals surface area contributed by atoms with Crippen molar-refractivity contribution in [1.82, 2.24) is 5.32 Å². The molecule has 0 spiro atoms. The van der Waals surface area contributed by atoms with Gasteiger partial charge in [0.05, 0.1) is 25.9 Å². The van der Waals surface area contributed by atoms with Gasteiger partial charge in [-0.15, -0.1) is 0 Å². The Balaban J connectivity index is 3.65. The molecule has 0 aliphatic carbocycles. The lowest BCUT2D eigenvalue weighted by Crippen LogP contribution is -2.41. The van der Waals surface area contributed by atoms with Crippen molar-refractivity contribution < 1.29 is 32.5 Å². The molecule has 0 aromatic heterocycles. The number of aliphatic hydroxyl groups excluding tert-OH is 1. The predicted molar refractivity (Wildman–Crippen MR) is 52.4 cm³/mol. The average molecular weight is 259 g/mol. The van der Waals surface area contributed by atoms with Crippen molar-refractivity contribution in [2.24, 2.45) is 0 Å². The molecule has 1 unspecified atom stereocenters. The van der Waals surface area contributed by atoms with E-state index in [0.29, 0.717) is 0 Å². The van der Waals surface area contributed by atoms with E-state index in [4.69, 9.17) is 9.84 Å². The van der Waals surface area contributed by atoms with Gasteiger partial charge >= 0.3 is 6.18 Å². The number of amides is 1. The minimum absolute atomic E-state index is 0.131. The molecule has 2 N–H and O–H groups in total. The van der Waals surface area contributed by atoms with Gasteiger partial charge in [-0.05, 0) is 0 Å². The largest absolute Gasteiger partial charge is 0.411 e. The number of ether oxygens (including phenoxy) is 2. The minimum atomic E-state index is -4.39. The Hall–Kier alpha value is -0.860. The highest BCUT2D eigenvalue weighted by Gasteiger charge is 2.27. The van der Waals surface area contributed by atoms with Gasteiger partial charge in [0.2, 0.25) is 5.91 Å². The summed E-state index contributed by atoms with van der Waals surface area (Å²) in [5, 5.41) is 11.2. The highest BCUT2D eigenvalue weighted by atomic mass is 19.4. The summed E-state index contributed by atoms with van der Waals surface area (Å²) in [6.45, 7) is -1.87. The molecule has 0 saturated carbocycles. The summed E-state index contributed by atoms with van der Waals surface area (Å²) in [6.07, 6.45) is -4.59. The molecule has 17 heavy (non-hydrogen) atoms. The maximum absolute atomic E-state index is 11.7. The van der Waals surface area contributed by atoms with Crippen molar-refractivity contribution >= 4 is 5.91 Å². The normalized spacial score (nSPS) is 13.5. The van der Waals surface area contributed by atoms with Crippen LogP contribution in [0.1, 0.15) is 6.42 Å². The molecule has 1 atom stereocenters. The molecular weight excluding hydrogens is 243 g/mol. The molecule has 102 valence electrons. The standard InChI is InChI=1S/C9H16F3NO4/c1-16-5-7(4-14)13-8(15)2-3-17-6-9(10,11)12/h7,14H,2-6H2,1H3,(H,13,15). The van der Waals surface area contributed by atoms with Crippen molar-refractivity contribution in [2.75, 3.05) is 33.5 Å². The second-order valence-electron chi connectivity index (χ2n) is 3.32. The number of halogens is 3. The number of methoxy groups -OCH3 is 1. The number of carbonyl (C=O) groups excluding carboxylic acids is 1. The fraction of sp³-hybridized carbons (Fsp3) is 0.889. The van der Waals surface area contributed by atoms with Crippen LogP contribution in [-0.2, 0) is 14.3 Å². The molecule has 0 radical (unpaired) electrons. The number of alkyl halides is 3. The third kappa shape index (κ3) is 10.0. The van der Waals surface area contributed by atoms with Crippen molar-refractivity contribution in [3.63, 3.8) is 0 Å². The molecule has 0 bridgehead atoms. The molecule has 0 rings (SSSR count). The topological polar surface area (TPSA) is 67.8 Å². The lowest BCUT2D eigenvalue weighted by molar-refractivity contribution is -0.174. The van der Waals surface area contributed by atoms with Crippen LogP contribution in [0.5, 0.6) is 0 Å². The first-order valence-electron chi connectivity index (χ1n) is 4.92. The molecule has 0 heterocycles. The van der Waals surface area contributed by atoms with Gasteiger partial charge in [-0.2, -0.15) is 13.2 Å². The van der Waals surface area contributed by atoms with Crippen molar-refractivity contribution in [1.29, 1.82) is 0 Å². The Kier molecular flexibility index (Phi) is 7.85. The molecule has 0 fully saturated rings. The van der Waals surface area contributed by atoms with Gasteiger partial charge in [-0.25, -0.2) is 0 Å². The fourth-order valence-corrected chi connectivity index (χ4v) is 0.994. The Morgan fingerprint density at radius 1 is 1.47 bits per heavy atom. The summed E-state index contributed by atoms with van der Waals surface area (Å²) < 4.78 is 44.0. The molecule has 0 saturated heterocycles. The van der Waals surface area contributed by atoms with Gasteiger partial charge in [0.15, 0.2) is 0 Å². The van der Waals surface area contributed by atoms with E-state index in [9.17, 15) is 18.0 Å². The quantitative estimate of drug-likeness (QED) is 0.606. The zero-order valence-corrected chi connectivity index (χ0v) is 9.42. The number of carbonyl (C=O) groups is 1. The van der Waals surface area contributed by atoms with Crippen LogP contribution >= 0.6 is 0 Å². The van der Waals surface area contributed by atoms with E-state index in [1.807, 2.05) is 0 Å². The first-order chi connectivity index (χ1) is 7.89. The van der Waals surface area contributed by atoms with Crippen LogP contribution in [0.15, 0.2) is 0 Å². The number of nitrogens with one attached hydrogen (secondary N) is 1. The van der Waals surface area contributed by atoms with E-state index in [-0.39, 0.29) is 26.2 Å². The smallest absolute Gasteiger partial charge is 0.394 e. The summed E-state index contributed by atoms with van der Waals surface area (Å²) >= 11 is 0. The van der Waals surface area contributed by atoms with E-state index in [1.165, 1.54) is 7.11 Å². The highest BCUT2D eigenvalue weighted by Crippen LogP contribution is 2.14. The first-order valence-corrected chi connectivity index (χ1v) is 4.92. The van der Waals surface area contributed by atoms with Gasteiger partial charge in [0.1, 0.15) is 6.61 Å². The number of hydrogen-bond donors (Lipinski definition) is 2. The van der Waals surface area contributed by atoms with Crippen LogP contribution < -0.4 is 5.32 Å². The third-order valence-corrected chi connectivity index (χ3v) is 1.69. The minimum Gasteiger partial charge on any atom is -0.394 e. The molecule has 0 aliphatic heterocycles. The number of hydrogen-bond acceptors (Lipinski definition) is 4. The molecular formula is C9H16F3NO4. The monoisotopic (exact) mass is 259 g/mol. The van der Waals surface area contributed by atoms with Crippen LogP contribution in [0.2, 0.25) is 0 Å². The predicted octanol–water partition coefficient (Wildman–Crippen LogP) is 0.0789. The Labute approximate surface area is 96.9 Å². The summed E-state index contributed by atoms with van der Waals surface area (Å²) in [4.78, 5) is 11.2. The lowest BCUT2D eigenvalue weighted by atomic mass is 10.3. The van der Waals surface area contributed by atoms with E-state index in [1.54, 1.807) is 0 Å². The van der Waals surface area contributed by atoms with Crippen LogP contribution in [0.25, 0.3) is 0 Å². The molecule has 0 aliphatic rings. The zero-order valence-electron chi connectivity index (χ0n) is 9.42. The third-order valence-electron chi connectivity index (χ3n) is 1.69. The Morgan fingerprint density at radius 2 is 2.12 bits per heavy atom. The lowest BCUT2D eigenvalue weighted by Gasteiger charge is -2.15. The summed E-state index contributed by atoms with van der Waals surface area (Å²) in [7, 11) is 1.40. The maximum Gasteiger partial charge on any atom is 0.411 e. The fourth-order valence-electron chi connectivity index (χ4n) is 0.994. The van der Waals surface area contributed by atoms with Crippen LogP contribution in [-0.4, -0.2) is 56.8 Å². The molecule has 8 heteroatoms. The van der Waals surface area contributed by atoms with Gasteiger partial charge in [-0.3, -0.25) is 4.79 Å².